The molecule has 152 valence electrons. The van der Waals surface area contributed by atoms with Crippen molar-refractivity contribution in [2.45, 2.75) is 33.6 Å². The van der Waals surface area contributed by atoms with Gasteiger partial charge < -0.3 is 24.6 Å². The zero-order valence-corrected chi connectivity index (χ0v) is 17.6. The van der Waals surface area contributed by atoms with Crippen molar-refractivity contribution >= 4 is 22.9 Å². The number of unbranched alkanes of at least 4 members (excludes halogenated alkanes) is 1. The SMILES string of the molecule is CCCCN(CC)c1cc(C)nc2c1NCCN2c1ccc(OC)nc1OC. The Morgan fingerprint density at radius 3 is 2.68 bits per heavy atom. The molecule has 0 spiro atoms. The summed E-state index contributed by atoms with van der Waals surface area (Å²) in [7, 11) is 3.24. The van der Waals surface area contributed by atoms with E-state index >= 15 is 0 Å². The van der Waals surface area contributed by atoms with Crippen LogP contribution in [0, 0.1) is 6.92 Å². The summed E-state index contributed by atoms with van der Waals surface area (Å²) in [5.74, 6) is 1.99. The van der Waals surface area contributed by atoms with Gasteiger partial charge in [-0.25, -0.2) is 4.98 Å². The number of aromatic nitrogens is 2. The third-order valence-electron chi connectivity index (χ3n) is 5.01. The molecular weight excluding hydrogens is 354 g/mol. The molecule has 1 aliphatic heterocycles. The van der Waals surface area contributed by atoms with Crippen LogP contribution in [0.3, 0.4) is 0 Å². The van der Waals surface area contributed by atoms with Gasteiger partial charge in [-0.05, 0) is 32.4 Å². The lowest BCUT2D eigenvalue weighted by Crippen LogP contribution is -2.34. The number of pyridine rings is 2. The number of hydrogen-bond donors (Lipinski definition) is 1. The molecule has 0 aliphatic carbocycles. The van der Waals surface area contributed by atoms with Crippen molar-refractivity contribution in [1.82, 2.24) is 9.97 Å². The highest BCUT2D eigenvalue weighted by molar-refractivity contribution is 5.87. The number of methoxy groups -OCH3 is 2. The second-order valence-electron chi connectivity index (χ2n) is 6.88. The van der Waals surface area contributed by atoms with E-state index in [9.17, 15) is 0 Å². The van der Waals surface area contributed by atoms with E-state index in [1.807, 2.05) is 19.1 Å². The topological polar surface area (TPSA) is 62.8 Å². The Labute approximate surface area is 167 Å². The highest BCUT2D eigenvalue weighted by Crippen LogP contribution is 2.42. The van der Waals surface area contributed by atoms with Gasteiger partial charge in [0.05, 0.1) is 19.9 Å². The fourth-order valence-corrected chi connectivity index (χ4v) is 3.57. The van der Waals surface area contributed by atoms with Crippen LogP contribution in [-0.2, 0) is 0 Å². The van der Waals surface area contributed by atoms with E-state index in [4.69, 9.17) is 14.5 Å². The van der Waals surface area contributed by atoms with Crippen LogP contribution < -0.4 is 24.6 Å². The summed E-state index contributed by atoms with van der Waals surface area (Å²) in [6, 6.07) is 6.02. The van der Waals surface area contributed by atoms with Crippen LogP contribution >= 0.6 is 0 Å². The van der Waals surface area contributed by atoms with E-state index in [1.54, 1.807) is 14.2 Å². The number of fused-ring (bicyclic) bond motifs is 1. The second kappa shape index (κ2) is 8.99. The zero-order chi connectivity index (χ0) is 20.1. The average molecular weight is 386 g/mol. The second-order valence-corrected chi connectivity index (χ2v) is 6.88. The van der Waals surface area contributed by atoms with Gasteiger partial charge in [0.25, 0.3) is 0 Å². The quantitative estimate of drug-likeness (QED) is 0.737. The van der Waals surface area contributed by atoms with Gasteiger partial charge in [0.2, 0.25) is 11.8 Å². The molecule has 2 aromatic heterocycles. The molecule has 0 amide bonds. The molecule has 2 aromatic rings. The van der Waals surface area contributed by atoms with Crippen molar-refractivity contribution in [3.63, 3.8) is 0 Å². The summed E-state index contributed by atoms with van der Waals surface area (Å²) in [5.41, 5.74) is 4.18. The summed E-state index contributed by atoms with van der Waals surface area (Å²) in [6.07, 6.45) is 2.35. The Morgan fingerprint density at radius 1 is 1.18 bits per heavy atom. The highest BCUT2D eigenvalue weighted by Gasteiger charge is 2.27. The Hall–Kier alpha value is -2.70. The third-order valence-corrected chi connectivity index (χ3v) is 5.01. The maximum Gasteiger partial charge on any atom is 0.241 e. The summed E-state index contributed by atoms with van der Waals surface area (Å²) in [6.45, 7) is 10.1. The van der Waals surface area contributed by atoms with Gasteiger partial charge in [-0.1, -0.05) is 13.3 Å². The van der Waals surface area contributed by atoms with Gasteiger partial charge in [0.15, 0.2) is 5.82 Å². The van der Waals surface area contributed by atoms with Crippen LogP contribution in [-0.4, -0.2) is 50.4 Å². The minimum Gasteiger partial charge on any atom is -0.481 e. The molecule has 3 heterocycles. The van der Waals surface area contributed by atoms with Crippen molar-refractivity contribution in [2.24, 2.45) is 0 Å². The summed E-state index contributed by atoms with van der Waals surface area (Å²) in [4.78, 5) is 13.9. The van der Waals surface area contributed by atoms with Crippen molar-refractivity contribution in [1.29, 1.82) is 0 Å². The number of rotatable bonds is 8. The smallest absolute Gasteiger partial charge is 0.241 e. The van der Waals surface area contributed by atoms with Crippen molar-refractivity contribution in [3.8, 4) is 11.8 Å². The van der Waals surface area contributed by atoms with E-state index in [1.165, 1.54) is 18.5 Å². The van der Waals surface area contributed by atoms with Crippen LogP contribution in [0.15, 0.2) is 18.2 Å². The number of anilines is 4. The lowest BCUT2D eigenvalue weighted by molar-refractivity contribution is 0.365. The van der Waals surface area contributed by atoms with Crippen LogP contribution in [0.25, 0.3) is 0 Å². The van der Waals surface area contributed by atoms with Crippen molar-refractivity contribution in [2.75, 3.05) is 55.5 Å². The molecule has 3 rings (SSSR count). The maximum absolute atomic E-state index is 5.55. The first-order valence-electron chi connectivity index (χ1n) is 9.99. The first-order valence-corrected chi connectivity index (χ1v) is 9.99. The largest absolute Gasteiger partial charge is 0.481 e. The fraction of sp³-hybridized carbons (Fsp3) is 0.524. The van der Waals surface area contributed by atoms with Gasteiger partial charge in [-0.15, -0.1) is 0 Å². The Bertz CT molecular complexity index is 812. The van der Waals surface area contributed by atoms with Crippen LogP contribution in [0.1, 0.15) is 32.4 Å². The van der Waals surface area contributed by atoms with E-state index in [2.05, 4.69) is 40.0 Å². The molecule has 28 heavy (non-hydrogen) atoms. The zero-order valence-electron chi connectivity index (χ0n) is 17.6. The first-order chi connectivity index (χ1) is 13.6. The first kappa shape index (κ1) is 20.0. The summed E-state index contributed by atoms with van der Waals surface area (Å²) < 4.78 is 10.8. The van der Waals surface area contributed by atoms with Gasteiger partial charge in [0.1, 0.15) is 11.4 Å². The van der Waals surface area contributed by atoms with Gasteiger partial charge in [-0.2, -0.15) is 4.98 Å². The van der Waals surface area contributed by atoms with Gasteiger partial charge in [-0.3, -0.25) is 0 Å². The lowest BCUT2D eigenvalue weighted by atomic mass is 10.1. The molecule has 0 fully saturated rings. The fourth-order valence-electron chi connectivity index (χ4n) is 3.57. The molecule has 0 atom stereocenters. The van der Waals surface area contributed by atoms with Crippen molar-refractivity contribution < 1.29 is 9.47 Å². The number of ether oxygens (including phenoxy) is 2. The summed E-state index contributed by atoms with van der Waals surface area (Å²) in [5, 5.41) is 3.58. The number of nitrogens with one attached hydrogen (secondary N) is 1. The Morgan fingerprint density at radius 2 is 2.00 bits per heavy atom. The molecule has 7 heteroatoms. The molecule has 0 aromatic carbocycles. The molecule has 0 unspecified atom stereocenters. The Balaban J connectivity index is 2.07. The van der Waals surface area contributed by atoms with Crippen molar-refractivity contribution in [3.05, 3.63) is 23.9 Å². The highest BCUT2D eigenvalue weighted by atomic mass is 16.5. The third kappa shape index (κ3) is 3.93. The molecule has 1 aliphatic rings. The molecule has 0 bridgehead atoms. The Kier molecular flexibility index (Phi) is 6.44. The molecule has 0 saturated carbocycles. The van der Waals surface area contributed by atoms with Gasteiger partial charge >= 0.3 is 0 Å². The number of nitrogens with zero attached hydrogens (tertiary/aromatic N) is 4. The molecule has 7 nitrogen and oxygen atoms in total. The predicted octanol–water partition coefficient (Wildman–Crippen LogP) is 3.99. The number of hydrogen-bond acceptors (Lipinski definition) is 7. The molecule has 1 N–H and O–H groups in total. The number of aryl methyl sites for hydroxylation is 1. The summed E-state index contributed by atoms with van der Waals surface area (Å²) >= 11 is 0. The monoisotopic (exact) mass is 385 g/mol. The van der Waals surface area contributed by atoms with Crippen LogP contribution in [0.5, 0.6) is 11.8 Å². The molecule has 0 radical (unpaired) electrons. The van der Waals surface area contributed by atoms with Gasteiger partial charge in [0, 0.05) is 37.9 Å². The minimum absolute atomic E-state index is 0.533. The van der Waals surface area contributed by atoms with E-state index in [0.717, 1.165) is 49.1 Å². The standard InChI is InChI=1S/C21H31N5O2/c1-6-8-12-25(7-2)17-14-15(3)23-20-19(17)22-11-13-26(20)16-9-10-18(27-4)24-21(16)28-5/h9-10,14,22H,6-8,11-13H2,1-5H3. The molecular formula is C21H31N5O2. The van der Waals surface area contributed by atoms with E-state index in [-0.39, 0.29) is 0 Å². The normalized spacial score (nSPS) is 13.0. The van der Waals surface area contributed by atoms with E-state index < -0.39 is 0 Å². The maximum atomic E-state index is 5.55. The average Bonchev–Trinajstić information content (AvgIpc) is 2.73. The van der Waals surface area contributed by atoms with Crippen LogP contribution in [0.4, 0.5) is 22.9 Å². The predicted molar refractivity (Wildman–Crippen MR) is 115 cm³/mol. The van der Waals surface area contributed by atoms with Crippen LogP contribution in [0.2, 0.25) is 0 Å². The molecule has 0 saturated heterocycles. The minimum atomic E-state index is 0.533. The van der Waals surface area contributed by atoms with E-state index in [0.29, 0.717) is 11.8 Å². The lowest BCUT2D eigenvalue weighted by Gasteiger charge is -2.35.